The Balaban J connectivity index is 1.65. The van der Waals surface area contributed by atoms with Crippen molar-refractivity contribution in [3.05, 3.63) is 70.4 Å². The van der Waals surface area contributed by atoms with Crippen LogP contribution in [0.2, 0.25) is 0 Å². The summed E-state index contributed by atoms with van der Waals surface area (Å²) in [5, 5.41) is 1.13. The van der Waals surface area contributed by atoms with Gasteiger partial charge in [-0.15, -0.1) is 0 Å². The smallest absolute Gasteiger partial charge is 0.336 e. The molecule has 1 aliphatic heterocycles. The number of pyridine rings is 1. The second-order valence-electron chi connectivity index (χ2n) is 6.78. The van der Waals surface area contributed by atoms with Crippen molar-refractivity contribution in [3.8, 4) is 0 Å². The molecular weight excluding hydrogens is 419 g/mol. The van der Waals surface area contributed by atoms with Crippen molar-refractivity contribution in [1.82, 2.24) is 14.2 Å². The minimum Gasteiger partial charge on any atom is -0.336 e. The van der Waals surface area contributed by atoms with Crippen LogP contribution in [0.15, 0.2) is 47.9 Å². The number of carbonyl (C=O) groups is 1. The summed E-state index contributed by atoms with van der Waals surface area (Å²) in [6.45, 7) is 1.81. The van der Waals surface area contributed by atoms with E-state index in [9.17, 15) is 26.4 Å². The highest BCUT2D eigenvalue weighted by atomic mass is 32.2. The van der Waals surface area contributed by atoms with Crippen LogP contribution < -0.4 is 0 Å². The Morgan fingerprint density at radius 1 is 1.03 bits per heavy atom. The number of benzene rings is 1. The number of piperazine rings is 1. The lowest BCUT2D eigenvalue weighted by molar-refractivity contribution is -0.141. The molecular formula is C20H20F3N3O3S. The fraction of sp³-hybridized carbons (Fsp3) is 0.300. The minimum atomic E-state index is -4.58. The predicted octanol–water partition coefficient (Wildman–Crippen LogP) is 3.17. The van der Waals surface area contributed by atoms with Crippen LogP contribution >= 0.6 is 0 Å². The van der Waals surface area contributed by atoms with Crippen molar-refractivity contribution in [1.29, 1.82) is 0 Å². The molecule has 0 saturated carbocycles. The van der Waals surface area contributed by atoms with Crippen LogP contribution in [0.1, 0.15) is 27.3 Å². The molecule has 0 aliphatic carbocycles. The maximum atomic E-state index is 12.8. The fourth-order valence-corrected chi connectivity index (χ4v) is 4.25. The lowest BCUT2D eigenvalue weighted by Crippen LogP contribution is -2.50. The number of aryl methyl sites for hydroxylation is 1. The van der Waals surface area contributed by atoms with E-state index in [0.29, 0.717) is 0 Å². The monoisotopic (exact) mass is 439 g/mol. The van der Waals surface area contributed by atoms with Crippen molar-refractivity contribution < 1.29 is 26.4 Å². The van der Waals surface area contributed by atoms with Crippen LogP contribution in [0.4, 0.5) is 13.2 Å². The van der Waals surface area contributed by atoms with Crippen molar-refractivity contribution in [3.63, 3.8) is 0 Å². The van der Waals surface area contributed by atoms with Gasteiger partial charge in [-0.25, -0.2) is 13.4 Å². The van der Waals surface area contributed by atoms with Gasteiger partial charge < -0.3 is 4.90 Å². The third-order valence-electron chi connectivity index (χ3n) is 4.72. The zero-order valence-electron chi connectivity index (χ0n) is 16.1. The molecule has 0 unspecified atom stereocenters. The third kappa shape index (κ3) is 5.06. The summed E-state index contributed by atoms with van der Waals surface area (Å²) in [5.41, 5.74) is -0.253. The Bertz CT molecular complexity index is 1050. The molecule has 3 rings (SSSR count). The van der Waals surface area contributed by atoms with Gasteiger partial charge in [-0.1, -0.05) is 30.3 Å². The average Bonchev–Trinajstić information content (AvgIpc) is 2.72. The second-order valence-corrected chi connectivity index (χ2v) is 8.60. The van der Waals surface area contributed by atoms with Gasteiger partial charge in [0.2, 0.25) is 10.0 Å². The van der Waals surface area contributed by atoms with E-state index in [1.54, 1.807) is 24.3 Å². The van der Waals surface area contributed by atoms with E-state index in [0.717, 1.165) is 23.1 Å². The van der Waals surface area contributed by atoms with Gasteiger partial charge >= 0.3 is 6.18 Å². The summed E-state index contributed by atoms with van der Waals surface area (Å²) in [7, 11) is -3.65. The van der Waals surface area contributed by atoms with E-state index in [2.05, 4.69) is 4.98 Å². The molecule has 2 heterocycles. The van der Waals surface area contributed by atoms with Crippen LogP contribution in [0.5, 0.6) is 0 Å². The van der Waals surface area contributed by atoms with Crippen LogP contribution in [0.25, 0.3) is 6.08 Å². The number of rotatable bonds is 4. The summed E-state index contributed by atoms with van der Waals surface area (Å²) in [6.07, 6.45) is -3.08. The van der Waals surface area contributed by atoms with Gasteiger partial charge in [0.25, 0.3) is 5.91 Å². The molecule has 1 fully saturated rings. The van der Waals surface area contributed by atoms with E-state index in [1.807, 2.05) is 6.07 Å². The molecule has 6 nitrogen and oxygen atoms in total. The number of hydrogen-bond donors (Lipinski definition) is 0. The van der Waals surface area contributed by atoms with Crippen molar-refractivity contribution >= 4 is 22.0 Å². The third-order valence-corrected chi connectivity index (χ3v) is 6.29. The maximum absolute atomic E-state index is 12.8. The van der Waals surface area contributed by atoms with E-state index >= 15 is 0 Å². The number of aromatic nitrogens is 1. The molecule has 1 amide bonds. The van der Waals surface area contributed by atoms with E-state index in [-0.39, 0.29) is 37.4 Å². The highest BCUT2D eigenvalue weighted by Crippen LogP contribution is 2.28. The van der Waals surface area contributed by atoms with Crippen molar-refractivity contribution in [2.45, 2.75) is 13.1 Å². The van der Waals surface area contributed by atoms with E-state index < -0.39 is 27.8 Å². The van der Waals surface area contributed by atoms with Gasteiger partial charge in [0.15, 0.2) is 0 Å². The Hall–Kier alpha value is -2.72. The van der Waals surface area contributed by atoms with Gasteiger partial charge in [0.1, 0.15) is 5.69 Å². The SMILES string of the molecule is Cc1nc(C(F)(F)F)ccc1C(=O)N1CCN(S(=O)(=O)/C=C/c2ccccc2)CC1. The number of halogens is 3. The lowest BCUT2D eigenvalue weighted by atomic mass is 10.1. The zero-order valence-corrected chi connectivity index (χ0v) is 16.9. The second kappa shape index (κ2) is 8.57. The Morgan fingerprint density at radius 2 is 1.67 bits per heavy atom. The summed E-state index contributed by atoms with van der Waals surface area (Å²) in [5.74, 6) is -0.467. The lowest BCUT2D eigenvalue weighted by Gasteiger charge is -2.33. The van der Waals surface area contributed by atoms with Gasteiger partial charge in [0, 0.05) is 31.6 Å². The van der Waals surface area contributed by atoms with E-state index in [1.165, 1.54) is 22.2 Å². The molecule has 1 aromatic carbocycles. The molecule has 0 radical (unpaired) electrons. The van der Waals surface area contributed by atoms with Crippen LogP contribution in [0, 0.1) is 6.92 Å². The van der Waals surface area contributed by atoms with Gasteiger partial charge in [-0.2, -0.15) is 17.5 Å². The highest BCUT2D eigenvalue weighted by Gasteiger charge is 2.34. The summed E-state index contributed by atoms with van der Waals surface area (Å²) < 4.78 is 64.6. The quantitative estimate of drug-likeness (QED) is 0.734. The van der Waals surface area contributed by atoms with Crippen LogP contribution in [-0.4, -0.2) is 54.7 Å². The Kier molecular flexibility index (Phi) is 6.27. The number of carbonyl (C=O) groups excluding carboxylic acids is 1. The van der Waals surface area contributed by atoms with Gasteiger partial charge in [-0.3, -0.25) is 4.79 Å². The highest BCUT2D eigenvalue weighted by molar-refractivity contribution is 7.92. The first-order valence-corrected chi connectivity index (χ1v) is 10.7. The number of amides is 1. The van der Waals surface area contributed by atoms with Crippen LogP contribution in [-0.2, 0) is 16.2 Å². The molecule has 10 heteroatoms. The molecule has 0 N–H and O–H groups in total. The van der Waals surface area contributed by atoms with E-state index in [4.69, 9.17) is 0 Å². The summed E-state index contributed by atoms with van der Waals surface area (Å²) >= 11 is 0. The average molecular weight is 439 g/mol. The first-order valence-electron chi connectivity index (χ1n) is 9.15. The van der Waals surface area contributed by atoms with Crippen molar-refractivity contribution in [2.24, 2.45) is 0 Å². The Morgan fingerprint density at radius 3 is 2.23 bits per heavy atom. The van der Waals surface area contributed by atoms with Gasteiger partial charge in [0.05, 0.1) is 11.3 Å². The van der Waals surface area contributed by atoms with Crippen LogP contribution in [0.3, 0.4) is 0 Å². The van der Waals surface area contributed by atoms with Gasteiger partial charge in [-0.05, 0) is 30.7 Å². The standard InChI is InChI=1S/C20H20F3N3O3S/c1-15-17(7-8-18(24-15)20(21,22)23)19(27)25-10-12-26(13-11-25)30(28,29)14-9-16-5-3-2-4-6-16/h2-9,14H,10-13H2,1H3/b14-9+. The molecule has 30 heavy (non-hydrogen) atoms. The predicted molar refractivity (Wildman–Crippen MR) is 106 cm³/mol. The summed E-state index contributed by atoms with van der Waals surface area (Å²) in [4.78, 5) is 17.6. The molecule has 1 saturated heterocycles. The molecule has 1 aliphatic rings. The number of sulfonamides is 1. The molecule has 0 bridgehead atoms. The topological polar surface area (TPSA) is 70.6 Å². The zero-order chi connectivity index (χ0) is 21.9. The maximum Gasteiger partial charge on any atom is 0.433 e. The number of hydrogen-bond acceptors (Lipinski definition) is 4. The fourth-order valence-electron chi connectivity index (χ4n) is 3.08. The summed E-state index contributed by atoms with van der Waals surface area (Å²) in [6, 6.07) is 10.9. The largest absolute Gasteiger partial charge is 0.433 e. The first kappa shape index (κ1) is 22.0. The first-order chi connectivity index (χ1) is 14.1. The number of nitrogens with zero attached hydrogens (tertiary/aromatic N) is 3. The molecule has 0 atom stereocenters. The Labute approximate surface area is 172 Å². The van der Waals surface area contributed by atoms with Crippen molar-refractivity contribution in [2.75, 3.05) is 26.2 Å². The minimum absolute atomic E-state index is 0.0179. The molecule has 0 spiro atoms. The molecule has 1 aromatic heterocycles. The molecule has 2 aromatic rings. The molecule has 160 valence electrons. The number of alkyl halides is 3. The normalized spacial score (nSPS) is 16.2.